The first-order valence-electron chi connectivity index (χ1n) is 8.71. The van der Waals surface area contributed by atoms with E-state index in [1.54, 1.807) is 18.3 Å². The lowest BCUT2D eigenvalue weighted by Gasteiger charge is -2.34. The molecule has 0 radical (unpaired) electrons. The number of aromatic amines is 1. The molecule has 1 N–H and O–H groups in total. The van der Waals surface area contributed by atoms with Crippen LogP contribution in [0.5, 0.6) is 0 Å². The maximum atomic E-state index is 12.8. The average molecular weight is 359 g/mol. The second-order valence-electron chi connectivity index (χ2n) is 6.64. The van der Waals surface area contributed by atoms with Crippen molar-refractivity contribution in [3.8, 4) is 0 Å². The number of ketones is 1. The maximum Gasteiger partial charge on any atom is 0.270 e. The highest BCUT2D eigenvalue weighted by Gasteiger charge is 2.26. The molecule has 0 aliphatic carbocycles. The summed E-state index contributed by atoms with van der Waals surface area (Å²) in [6.07, 6.45) is 1.07. The van der Waals surface area contributed by atoms with Crippen LogP contribution in [0.4, 0.5) is 0 Å². The van der Waals surface area contributed by atoms with Gasteiger partial charge in [0.15, 0.2) is 5.78 Å². The van der Waals surface area contributed by atoms with Crippen LogP contribution in [-0.4, -0.2) is 59.2 Å². The van der Waals surface area contributed by atoms with Crippen LogP contribution < -0.4 is 0 Å². The highest BCUT2D eigenvalue weighted by Crippen LogP contribution is 2.20. The molecule has 0 bridgehead atoms. The Balaban J connectivity index is 1.58. The zero-order valence-electron chi connectivity index (χ0n) is 15.1. The molecule has 0 unspecified atom stereocenters. The van der Waals surface area contributed by atoms with Crippen molar-refractivity contribution >= 4 is 23.0 Å². The first kappa shape index (κ1) is 17.9. The van der Waals surface area contributed by atoms with Crippen molar-refractivity contribution in [3.05, 3.63) is 44.9 Å². The Morgan fingerprint density at radius 2 is 1.92 bits per heavy atom. The summed E-state index contributed by atoms with van der Waals surface area (Å²) in [5.74, 6) is 0.00898. The Morgan fingerprint density at radius 1 is 1.20 bits per heavy atom. The quantitative estimate of drug-likeness (QED) is 0.835. The monoisotopic (exact) mass is 359 g/mol. The molecule has 2 aromatic heterocycles. The maximum absolute atomic E-state index is 12.8. The van der Waals surface area contributed by atoms with Crippen LogP contribution in [0.25, 0.3) is 0 Å². The van der Waals surface area contributed by atoms with Gasteiger partial charge in [0, 0.05) is 48.9 Å². The molecular formula is C19H25N3O2S. The van der Waals surface area contributed by atoms with Crippen LogP contribution in [0, 0.1) is 13.8 Å². The third-order valence-electron chi connectivity index (χ3n) is 4.92. The van der Waals surface area contributed by atoms with Crippen molar-refractivity contribution < 1.29 is 9.59 Å². The molecule has 0 saturated carbocycles. The number of Topliss-reactive ketones (excluding diaryl/α,β-unsaturated/α-hetero) is 1. The smallest absolute Gasteiger partial charge is 0.270 e. The van der Waals surface area contributed by atoms with E-state index in [0.717, 1.165) is 50.4 Å². The number of hydrogen-bond acceptors (Lipinski definition) is 4. The van der Waals surface area contributed by atoms with Gasteiger partial charge in [0.25, 0.3) is 5.91 Å². The van der Waals surface area contributed by atoms with Gasteiger partial charge in [0.2, 0.25) is 0 Å². The number of aromatic nitrogens is 1. The van der Waals surface area contributed by atoms with E-state index in [1.165, 1.54) is 4.88 Å². The molecule has 1 saturated heterocycles. The van der Waals surface area contributed by atoms with Gasteiger partial charge in [-0.05, 0) is 44.2 Å². The van der Waals surface area contributed by atoms with Crippen LogP contribution >= 0.6 is 11.3 Å². The summed E-state index contributed by atoms with van der Waals surface area (Å²) in [4.78, 5) is 33.4. The van der Waals surface area contributed by atoms with Gasteiger partial charge in [-0.15, -0.1) is 11.3 Å². The predicted octanol–water partition coefficient (Wildman–Crippen LogP) is 2.90. The largest absolute Gasteiger partial charge is 0.354 e. The Morgan fingerprint density at radius 3 is 2.48 bits per heavy atom. The Bertz CT molecular complexity index is 756. The molecule has 5 nitrogen and oxygen atoms in total. The molecule has 1 amide bonds. The van der Waals surface area contributed by atoms with E-state index in [0.29, 0.717) is 11.3 Å². The molecule has 25 heavy (non-hydrogen) atoms. The van der Waals surface area contributed by atoms with Crippen molar-refractivity contribution in [3.63, 3.8) is 0 Å². The van der Waals surface area contributed by atoms with Gasteiger partial charge in [-0.1, -0.05) is 6.07 Å². The van der Waals surface area contributed by atoms with Gasteiger partial charge < -0.3 is 9.88 Å². The number of rotatable bonds is 5. The van der Waals surface area contributed by atoms with Crippen molar-refractivity contribution in [1.29, 1.82) is 0 Å². The molecule has 134 valence electrons. The Hall–Kier alpha value is -1.92. The minimum atomic E-state index is 0.00342. The van der Waals surface area contributed by atoms with E-state index in [2.05, 4.69) is 27.4 Å². The zero-order chi connectivity index (χ0) is 18.0. The van der Waals surface area contributed by atoms with E-state index in [1.807, 2.05) is 18.7 Å². The average Bonchev–Trinajstić information content (AvgIpc) is 3.20. The SMILES string of the molecule is CC(=O)c1c(C)[nH]c(C(=O)N2CCN(CCc3cccs3)CC2)c1C. The Kier molecular flexibility index (Phi) is 5.39. The lowest BCUT2D eigenvalue weighted by Crippen LogP contribution is -2.49. The topological polar surface area (TPSA) is 56.4 Å². The first-order chi connectivity index (χ1) is 12.0. The number of piperazine rings is 1. The predicted molar refractivity (Wildman–Crippen MR) is 101 cm³/mol. The molecule has 3 heterocycles. The summed E-state index contributed by atoms with van der Waals surface area (Å²) >= 11 is 1.80. The molecule has 6 heteroatoms. The fourth-order valence-corrected chi connectivity index (χ4v) is 4.25. The van der Waals surface area contributed by atoms with Crippen molar-refractivity contribution in [2.24, 2.45) is 0 Å². The van der Waals surface area contributed by atoms with Gasteiger partial charge in [-0.2, -0.15) is 0 Å². The normalized spacial score (nSPS) is 15.6. The number of H-pyrrole nitrogens is 1. The summed E-state index contributed by atoms with van der Waals surface area (Å²) in [5, 5.41) is 2.11. The standard InChI is InChI=1S/C19H25N3O2S/c1-13-17(15(3)23)14(2)20-18(13)19(24)22-10-8-21(9-11-22)7-6-16-5-4-12-25-16/h4-5,12,20H,6-11H2,1-3H3. The van der Waals surface area contributed by atoms with Crippen LogP contribution in [0.2, 0.25) is 0 Å². The summed E-state index contributed by atoms with van der Waals surface area (Å²) in [6.45, 7) is 9.55. The van der Waals surface area contributed by atoms with Gasteiger partial charge in [-0.3, -0.25) is 14.5 Å². The molecule has 0 spiro atoms. The van der Waals surface area contributed by atoms with Crippen molar-refractivity contribution in [1.82, 2.24) is 14.8 Å². The van der Waals surface area contributed by atoms with Crippen LogP contribution in [0.15, 0.2) is 17.5 Å². The number of carbonyl (C=O) groups is 2. The molecule has 1 aliphatic heterocycles. The highest BCUT2D eigenvalue weighted by molar-refractivity contribution is 7.09. The summed E-state index contributed by atoms with van der Waals surface area (Å²) < 4.78 is 0. The lowest BCUT2D eigenvalue weighted by molar-refractivity contribution is 0.0633. The van der Waals surface area contributed by atoms with Crippen LogP contribution in [0.3, 0.4) is 0 Å². The first-order valence-corrected chi connectivity index (χ1v) is 9.59. The van der Waals surface area contributed by atoms with E-state index in [-0.39, 0.29) is 11.7 Å². The third kappa shape index (κ3) is 3.85. The number of carbonyl (C=O) groups excluding carboxylic acids is 2. The van der Waals surface area contributed by atoms with Gasteiger partial charge in [0.1, 0.15) is 5.69 Å². The molecular weight excluding hydrogens is 334 g/mol. The number of hydrogen-bond donors (Lipinski definition) is 1. The number of amides is 1. The fraction of sp³-hybridized carbons (Fsp3) is 0.474. The minimum absolute atomic E-state index is 0.00342. The van der Waals surface area contributed by atoms with Crippen molar-refractivity contribution in [2.75, 3.05) is 32.7 Å². The number of nitrogens with zero attached hydrogens (tertiary/aromatic N) is 2. The van der Waals surface area contributed by atoms with Gasteiger partial charge in [0.05, 0.1) is 0 Å². The highest BCUT2D eigenvalue weighted by atomic mass is 32.1. The summed E-state index contributed by atoms with van der Waals surface area (Å²) in [6, 6.07) is 4.26. The Labute approximate surface area is 152 Å². The van der Waals surface area contributed by atoms with Crippen LogP contribution in [0.1, 0.15) is 43.9 Å². The molecule has 1 aliphatic rings. The fourth-order valence-electron chi connectivity index (χ4n) is 3.55. The van der Waals surface area contributed by atoms with Gasteiger partial charge in [-0.25, -0.2) is 0 Å². The molecule has 0 atom stereocenters. The summed E-state index contributed by atoms with van der Waals surface area (Å²) in [5.41, 5.74) is 2.77. The minimum Gasteiger partial charge on any atom is -0.354 e. The number of nitrogens with one attached hydrogen (secondary N) is 1. The molecule has 2 aromatic rings. The van der Waals surface area contributed by atoms with E-state index in [9.17, 15) is 9.59 Å². The van der Waals surface area contributed by atoms with Crippen LogP contribution in [-0.2, 0) is 6.42 Å². The second-order valence-corrected chi connectivity index (χ2v) is 7.68. The van der Waals surface area contributed by atoms with E-state index < -0.39 is 0 Å². The lowest BCUT2D eigenvalue weighted by atomic mass is 10.1. The zero-order valence-corrected chi connectivity index (χ0v) is 15.9. The molecule has 3 rings (SSSR count). The number of thiophene rings is 1. The molecule has 1 fully saturated rings. The second kappa shape index (κ2) is 7.54. The van der Waals surface area contributed by atoms with Gasteiger partial charge >= 0.3 is 0 Å². The van der Waals surface area contributed by atoms with Crippen molar-refractivity contribution in [2.45, 2.75) is 27.2 Å². The third-order valence-corrected chi connectivity index (χ3v) is 5.85. The number of aryl methyl sites for hydroxylation is 1. The summed E-state index contributed by atoms with van der Waals surface area (Å²) in [7, 11) is 0. The molecule has 0 aromatic carbocycles. The van der Waals surface area contributed by atoms with E-state index >= 15 is 0 Å². The van der Waals surface area contributed by atoms with E-state index in [4.69, 9.17) is 0 Å².